The molecule has 0 radical (unpaired) electrons. The molecule has 0 aromatic heterocycles. The lowest BCUT2D eigenvalue weighted by molar-refractivity contribution is -0.125. The van der Waals surface area contributed by atoms with Crippen molar-refractivity contribution in [2.75, 3.05) is 0 Å². The average molecular weight is 412 g/mol. The zero-order valence-electron chi connectivity index (χ0n) is 13.9. The number of benzene rings is 2. The molecule has 2 aromatic carbocycles. The van der Waals surface area contributed by atoms with Crippen LogP contribution < -0.4 is 5.14 Å². The molecule has 0 bridgehead atoms. The minimum Gasteiger partial charge on any atom is -0.478 e. The van der Waals surface area contributed by atoms with Gasteiger partial charge in [-0.05, 0) is 61.9 Å². The Bertz CT molecular complexity index is 1020. The number of rotatable bonds is 3. The lowest BCUT2D eigenvalue weighted by atomic mass is 9.92. The van der Waals surface area contributed by atoms with Crippen molar-refractivity contribution in [1.29, 1.82) is 0 Å². The smallest absolute Gasteiger partial charge is 0.238 e. The molecule has 0 amide bonds. The molecule has 1 aliphatic heterocycles. The molecule has 2 aromatic rings. The molecule has 26 heavy (non-hydrogen) atoms. The quantitative estimate of drug-likeness (QED) is 0.829. The standard InChI is InChI=1S/C18H15Cl2NO4S/c1-18(2)17(22)15(11-7-12(19)9-13(20)8-11)16(25-18)10-3-5-14(6-4-10)26(21,23)24/h3-9H,1-2H3,(H2,21,23,24). The Morgan fingerprint density at radius 3 is 2.00 bits per heavy atom. The van der Waals surface area contributed by atoms with Gasteiger partial charge in [0.15, 0.2) is 5.60 Å². The predicted octanol–water partition coefficient (Wildman–Crippen LogP) is 3.89. The fourth-order valence-corrected chi connectivity index (χ4v) is 3.76. The molecule has 0 saturated heterocycles. The van der Waals surface area contributed by atoms with Crippen LogP contribution in [-0.4, -0.2) is 19.8 Å². The Kier molecular flexibility index (Phi) is 4.65. The van der Waals surface area contributed by atoms with E-state index in [0.29, 0.717) is 32.5 Å². The van der Waals surface area contributed by atoms with Gasteiger partial charge in [0.05, 0.1) is 10.5 Å². The number of ketones is 1. The maximum Gasteiger partial charge on any atom is 0.238 e. The van der Waals surface area contributed by atoms with Crippen molar-refractivity contribution in [3.05, 3.63) is 63.6 Å². The van der Waals surface area contributed by atoms with Crippen LogP contribution in [0.4, 0.5) is 0 Å². The van der Waals surface area contributed by atoms with E-state index in [1.807, 2.05) is 0 Å². The van der Waals surface area contributed by atoms with E-state index in [-0.39, 0.29) is 10.7 Å². The van der Waals surface area contributed by atoms with Crippen LogP contribution >= 0.6 is 23.2 Å². The van der Waals surface area contributed by atoms with Crippen LogP contribution in [0.1, 0.15) is 25.0 Å². The number of Topliss-reactive ketones (excluding diaryl/α,β-unsaturated/α-hetero) is 1. The molecule has 1 aliphatic rings. The highest BCUT2D eigenvalue weighted by Gasteiger charge is 2.42. The Balaban J connectivity index is 2.20. The first kappa shape index (κ1) is 18.9. The van der Waals surface area contributed by atoms with E-state index in [1.165, 1.54) is 24.3 Å². The molecule has 0 atom stereocenters. The summed E-state index contributed by atoms with van der Waals surface area (Å²) in [6.07, 6.45) is 0. The highest BCUT2D eigenvalue weighted by atomic mass is 35.5. The Hall–Kier alpha value is -1.86. The van der Waals surface area contributed by atoms with Gasteiger partial charge in [0.2, 0.25) is 15.8 Å². The summed E-state index contributed by atoms with van der Waals surface area (Å²) in [5.41, 5.74) is 0.340. The van der Waals surface area contributed by atoms with Gasteiger partial charge in [0.1, 0.15) is 5.76 Å². The van der Waals surface area contributed by atoms with Crippen molar-refractivity contribution in [1.82, 2.24) is 0 Å². The number of sulfonamides is 1. The van der Waals surface area contributed by atoms with Gasteiger partial charge < -0.3 is 4.74 Å². The van der Waals surface area contributed by atoms with Gasteiger partial charge in [-0.2, -0.15) is 0 Å². The van der Waals surface area contributed by atoms with Crippen LogP contribution in [0.2, 0.25) is 10.0 Å². The summed E-state index contributed by atoms with van der Waals surface area (Å²) >= 11 is 12.1. The Morgan fingerprint density at radius 2 is 1.50 bits per heavy atom. The van der Waals surface area contributed by atoms with E-state index in [1.54, 1.807) is 32.0 Å². The largest absolute Gasteiger partial charge is 0.478 e. The number of carbonyl (C=O) groups is 1. The first-order chi connectivity index (χ1) is 12.0. The minimum atomic E-state index is -3.81. The van der Waals surface area contributed by atoms with Gasteiger partial charge in [-0.15, -0.1) is 0 Å². The molecule has 0 aliphatic carbocycles. The number of ether oxygens (including phenoxy) is 1. The van der Waals surface area contributed by atoms with Crippen molar-refractivity contribution >= 4 is 50.3 Å². The highest BCUT2D eigenvalue weighted by molar-refractivity contribution is 7.89. The van der Waals surface area contributed by atoms with E-state index in [2.05, 4.69) is 0 Å². The topological polar surface area (TPSA) is 86.5 Å². The Morgan fingerprint density at radius 1 is 0.962 bits per heavy atom. The number of hydrogen-bond donors (Lipinski definition) is 1. The van der Waals surface area contributed by atoms with Crippen LogP contribution in [0.25, 0.3) is 11.3 Å². The normalized spacial score (nSPS) is 16.7. The monoisotopic (exact) mass is 411 g/mol. The number of primary sulfonamides is 1. The second-order valence-corrected chi connectivity index (χ2v) is 8.81. The molecular formula is C18H15Cl2NO4S. The van der Waals surface area contributed by atoms with Gasteiger partial charge >= 0.3 is 0 Å². The van der Waals surface area contributed by atoms with Gasteiger partial charge in [-0.25, -0.2) is 13.6 Å². The molecular weight excluding hydrogens is 397 g/mol. The maximum absolute atomic E-state index is 12.9. The lowest BCUT2D eigenvalue weighted by Gasteiger charge is -2.17. The summed E-state index contributed by atoms with van der Waals surface area (Å²) in [6, 6.07) is 10.6. The number of hydrogen-bond acceptors (Lipinski definition) is 4. The third-order valence-electron chi connectivity index (χ3n) is 3.95. The summed E-state index contributed by atoms with van der Waals surface area (Å²) in [4.78, 5) is 12.8. The first-order valence-electron chi connectivity index (χ1n) is 7.57. The molecule has 0 fully saturated rings. The number of halogens is 2. The minimum absolute atomic E-state index is 0.0298. The molecule has 0 spiro atoms. The van der Waals surface area contributed by atoms with Crippen LogP contribution in [-0.2, 0) is 19.6 Å². The van der Waals surface area contributed by atoms with Crippen molar-refractivity contribution in [2.45, 2.75) is 24.3 Å². The second kappa shape index (κ2) is 6.39. The Labute approximate surface area is 161 Å². The molecule has 8 heteroatoms. The summed E-state index contributed by atoms with van der Waals surface area (Å²) < 4.78 is 28.7. The average Bonchev–Trinajstić information content (AvgIpc) is 2.76. The number of carbonyl (C=O) groups excluding carboxylic acids is 1. The van der Waals surface area contributed by atoms with Crippen molar-refractivity contribution in [3.63, 3.8) is 0 Å². The summed E-state index contributed by atoms with van der Waals surface area (Å²) in [5.74, 6) is 0.112. The van der Waals surface area contributed by atoms with Crippen LogP contribution in [0, 0.1) is 0 Å². The van der Waals surface area contributed by atoms with E-state index in [0.717, 1.165) is 0 Å². The van der Waals surface area contributed by atoms with Crippen LogP contribution in [0.3, 0.4) is 0 Å². The van der Waals surface area contributed by atoms with Crippen molar-refractivity contribution in [2.24, 2.45) is 5.14 Å². The molecule has 3 rings (SSSR count). The van der Waals surface area contributed by atoms with Gasteiger partial charge in [-0.3, -0.25) is 4.79 Å². The maximum atomic E-state index is 12.9. The lowest BCUT2D eigenvalue weighted by Crippen LogP contribution is -2.29. The fraction of sp³-hybridized carbons (Fsp3) is 0.167. The van der Waals surface area contributed by atoms with E-state index >= 15 is 0 Å². The molecule has 5 nitrogen and oxygen atoms in total. The molecule has 2 N–H and O–H groups in total. The SMILES string of the molecule is CC1(C)OC(c2ccc(S(N)(=O)=O)cc2)=C(c2cc(Cl)cc(Cl)c2)C1=O. The fourth-order valence-electron chi connectivity index (χ4n) is 2.72. The van der Waals surface area contributed by atoms with Crippen LogP contribution in [0.15, 0.2) is 47.4 Å². The molecule has 136 valence electrons. The van der Waals surface area contributed by atoms with Crippen molar-refractivity contribution in [3.8, 4) is 0 Å². The molecule has 1 heterocycles. The van der Waals surface area contributed by atoms with Gasteiger partial charge in [0.25, 0.3) is 0 Å². The van der Waals surface area contributed by atoms with Gasteiger partial charge in [-0.1, -0.05) is 23.2 Å². The summed E-state index contributed by atoms with van der Waals surface area (Å²) in [7, 11) is -3.81. The molecule has 0 unspecified atom stereocenters. The summed E-state index contributed by atoms with van der Waals surface area (Å²) in [5, 5.41) is 5.90. The number of nitrogens with two attached hydrogens (primary N) is 1. The van der Waals surface area contributed by atoms with Crippen molar-refractivity contribution < 1.29 is 17.9 Å². The zero-order chi connectivity index (χ0) is 19.3. The van der Waals surface area contributed by atoms with E-state index in [4.69, 9.17) is 33.1 Å². The van der Waals surface area contributed by atoms with Crippen LogP contribution in [0.5, 0.6) is 0 Å². The van der Waals surface area contributed by atoms with Gasteiger partial charge in [0, 0.05) is 15.6 Å². The third kappa shape index (κ3) is 3.50. The summed E-state index contributed by atoms with van der Waals surface area (Å²) in [6.45, 7) is 3.32. The first-order valence-corrected chi connectivity index (χ1v) is 9.87. The highest BCUT2D eigenvalue weighted by Crippen LogP contribution is 2.42. The van der Waals surface area contributed by atoms with E-state index in [9.17, 15) is 13.2 Å². The molecule has 0 saturated carbocycles. The predicted molar refractivity (Wildman–Crippen MR) is 101 cm³/mol. The second-order valence-electron chi connectivity index (χ2n) is 6.37. The third-order valence-corrected chi connectivity index (χ3v) is 5.32. The van der Waals surface area contributed by atoms with E-state index < -0.39 is 15.6 Å². The zero-order valence-corrected chi connectivity index (χ0v) is 16.2.